The molecule has 0 amide bonds. The van der Waals surface area contributed by atoms with Gasteiger partial charge in [-0.1, -0.05) is 18.2 Å². The van der Waals surface area contributed by atoms with Gasteiger partial charge < -0.3 is 24.4 Å². The van der Waals surface area contributed by atoms with Crippen molar-refractivity contribution in [3.8, 4) is 28.7 Å². The van der Waals surface area contributed by atoms with Crippen LogP contribution in [0.1, 0.15) is 35.4 Å². The van der Waals surface area contributed by atoms with Gasteiger partial charge in [-0.2, -0.15) is 5.10 Å². The minimum atomic E-state index is -0.540. The molecule has 0 saturated carbocycles. The van der Waals surface area contributed by atoms with Crippen LogP contribution in [0, 0.1) is 0 Å². The van der Waals surface area contributed by atoms with Gasteiger partial charge >= 0.3 is 0 Å². The second kappa shape index (κ2) is 7.43. The maximum atomic E-state index is 10.5. The molecule has 0 aromatic heterocycles. The zero-order chi connectivity index (χ0) is 21.5. The topological polar surface area (TPSA) is 83.8 Å². The fourth-order valence-corrected chi connectivity index (χ4v) is 4.15. The SMILES string of the molecule is COc1ccc(O)c(C2=NN3[C@H](C2)c2ccccc2O[C@H]3c2ccc(OC)c(O)c2)c1. The molecular formula is C24H22N2O5. The molecule has 3 aromatic rings. The van der Waals surface area contributed by atoms with Crippen LogP contribution in [0.25, 0.3) is 0 Å². The first kappa shape index (κ1) is 19.1. The summed E-state index contributed by atoms with van der Waals surface area (Å²) in [6.45, 7) is 0. The van der Waals surface area contributed by atoms with Gasteiger partial charge in [-0.3, -0.25) is 0 Å². The van der Waals surface area contributed by atoms with Crippen molar-refractivity contribution in [3.05, 3.63) is 77.4 Å². The minimum Gasteiger partial charge on any atom is -0.507 e. The molecule has 0 aliphatic carbocycles. The number of aromatic hydroxyl groups is 2. The van der Waals surface area contributed by atoms with Crippen LogP contribution in [-0.4, -0.2) is 35.2 Å². The van der Waals surface area contributed by atoms with Crippen molar-refractivity contribution in [2.45, 2.75) is 18.7 Å². The average molecular weight is 418 g/mol. The molecule has 0 bridgehead atoms. The lowest BCUT2D eigenvalue weighted by Gasteiger charge is -2.38. The molecule has 31 heavy (non-hydrogen) atoms. The largest absolute Gasteiger partial charge is 0.507 e. The second-order valence-electron chi connectivity index (χ2n) is 7.47. The summed E-state index contributed by atoms with van der Waals surface area (Å²) in [7, 11) is 3.10. The summed E-state index contributed by atoms with van der Waals surface area (Å²) in [5, 5.41) is 27.5. The third-order valence-electron chi connectivity index (χ3n) is 5.70. The number of ether oxygens (including phenoxy) is 3. The normalized spacial score (nSPS) is 19.2. The lowest BCUT2D eigenvalue weighted by atomic mass is 9.95. The lowest BCUT2D eigenvalue weighted by molar-refractivity contribution is -0.0191. The number of hydrazone groups is 1. The minimum absolute atomic E-state index is 0.0350. The summed E-state index contributed by atoms with van der Waals surface area (Å²) in [6, 6.07) is 18.1. The van der Waals surface area contributed by atoms with E-state index in [0.717, 1.165) is 22.6 Å². The third kappa shape index (κ3) is 3.18. The van der Waals surface area contributed by atoms with Crippen molar-refractivity contribution in [2.24, 2.45) is 5.10 Å². The van der Waals surface area contributed by atoms with E-state index in [2.05, 4.69) is 0 Å². The molecule has 158 valence electrons. The van der Waals surface area contributed by atoms with Crippen molar-refractivity contribution < 1.29 is 24.4 Å². The Morgan fingerprint density at radius 3 is 2.58 bits per heavy atom. The Labute approximate surface area is 179 Å². The van der Waals surface area contributed by atoms with E-state index >= 15 is 0 Å². The molecule has 0 saturated heterocycles. The Kier molecular flexibility index (Phi) is 4.58. The Bertz CT molecular complexity index is 1180. The van der Waals surface area contributed by atoms with Gasteiger partial charge in [0.1, 0.15) is 17.2 Å². The number of para-hydroxylation sites is 1. The highest BCUT2D eigenvalue weighted by Crippen LogP contribution is 2.48. The van der Waals surface area contributed by atoms with Gasteiger partial charge in [-0.25, -0.2) is 5.01 Å². The molecule has 3 aromatic carbocycles. The lowest BCUT2D eigenvalue weighted by Crippen LogP contribution is -2.33. The zero-order valence-electron chi connectivity index (χ0n) is 17.1. The molecular weight excluding hydrogens is 396 g/mol. The van der Waals surface area contributed by atoms with Crippen LogP contribution in [0.4, 0.5) is 0 Å². The van der Waals surface area contributed by atoms with E-state index in [-0.39, 0.29) is 17.5 Å². The fourth-order valence-electron chi connectivity index (χ4n) is 4.15. The van der Waals surface area contributed by atoms with Crippen LogP contribution in [-0.2, 0) is 0 Å². The molecule has 2 aliphatic rings. The predicted octanol–water partition coefficient (Wildman–Crippen LogP) is 4.36. The van der Waals surface area contributed by atoms with Crippen LogP contribution >= 0.6 is 0 Å². The van der Waals surface area contributed by atoms with Crippen LogP contribution in [0.2, 0.25) is 0 Å². The van der Waals surface area contributed by atoms with Crippen molar-refractivity contribution in [2.75, 3.05) is 14.2 Å². The first-order valence-corrected chi connectivity index (χ1v) is 9.94. The zero-order valence-corrected chi connectivity index (χ0v) is 17.1. The van der Waals surface area contributed by atoms with Gasteiger partial charge in [0.05, 0.1) is 26.0 Å². The number of hydrogen-bond donors (Lipinski definition) is 2. The number of phenolic OH excluding ortho intramolecular Hbond substituents is 2. The number of rotatable bonds is 4. The van der Waals surface area contributed by atoms with Crippen LogP contribution in [0.15, 0.2) is 65.8 Å². The van der Waals surface area contributed by atoms with Gasteiger partial charge in [-0.15, -0.1) is 0 Å². The fraction of sp³-hybridized carbons (Fsp3) is 0.208. The summed E-state index contributed by atoms with van der Waals surface area (Å²) in [5.74, 6) is 1.99. The van der Waals surface area contributed by atoms with E-state index in [1.807, 2.05) is 35.3 Å². The van der Waals surface area contributed by atoms with Crippen molar-refractivity contribution in [3.63, 3.8) is 0 Å². The van der Waals surface area contributed by atoms with Crippen LogP contribution < -0.4 is 14.2 Å². The van der Waals surface area contributed by atoms with Crippen LogP contribution in [0.3, 0.4) is 0 Å². The Hall–Kier alpha value is -3.87. The van der Waals surface area contributed by atoms with Gasteiger partial charge in [-0.05, 0) is 42.5 Å². The van der Waals surface area contributed by atoms with E-state index in [1.165, 1.54) is 7.11 Å². The van der Waals surface area contributed by atoms with E-state index in [1.54, 1.807) is 37.4 Å². The number of hydrogen-bond acceptors (Lipinski definition) is 7. The number of fused-ring (bicyclic) bond motifs is 3. The van der Waals surface area contributed by atoms with E-state index < -0.39 is 6.23 Å². The van der Waals surface area contributed by atoms with Gasteiger partial charge in [0.25, 0.3) is 0 Å². The Morgan fingerprint density at radius 1 is 0.968 bits per heavy atom. The highest BCUT2D eigenvalue weighted by Gasteiger charge is 2.41. The molecule has 5 rings (SSSR count). The van der Waals surface area contributed by atoms with Crippen LogP contribution in [0.5, 0.6) is 28.7 Å². The molecule has 2 N–H and O–H groups in total. The highest BCUT2D eigenvalue weighted by atomic mass is 16.5. The van der Waals surface area contributed by atoms with Gasteiger partial charge in [0.15, 0.2) is 11.5 Å². The highest BCUT2D eigenvalue weighted by molar-refractivity contribution is 6.04. The molecule has 0 unspecified atom stereocenters. The molecule has 2 heterocycles. The third-order valence-corrected chi connectivity index (χ3v) is 5.70. The van der Waals surface area contributed by atoms with Crippen molar-refractivity contribution in [1.29, 1.82) is 0 Å². The van der Waals surface area contributed by atoms with Crippen molar-refractivity contribution >= 4 is 5.71 Å². The van der Waals surface area contributed by atoms with E-state index in [4.69, 9.17) is 19.3 Å². The molecule has 7 heteroatoms. The van der Waals surface area contributed by atoms with Gasteiger partial charge in [0.2, 0.25) is 6.23 Å². The number of methoxy groups -OCH3 is 2. The van der Waals surface area contributed by atoms with Gasteiger partial charge in [0, 0.05) is 23.1 Å². The maximum Gasteiger partial charge on any atom is 0.214 e. The summed E-state index contributed by atoms with van der Waals surface area (Å²) >= 11 is 0. The number of nitrogens with zero attached hydrogens (tertiary/aromatic N) is 2. The summed E-state index contributed by atoms with van der Waals surface area (Å²) in [6.07, 6.45) is 0.0571. The maximum absolute atomic E-state index is 10.5. The molecule has 0 spiro atoms. The molecule has 2 atom stereocenters. The van der Waals surface area contributed by atoms with E-state index in [0.29, 0.717) is 23.5 Å². The quantitative estimate of drug-likeness (QED) is 0.655. The van der Waals surface area contributed by atoms with E-state index in [9.17, 15) is 10.2 Å². The number of benzene rings is 3. The number of phenols is 2. The Balaban J connectivity index is 1.60. The summed E-state index contributed by atoms with van der Waals surface area (Å²) in [5.41, 5.74) is 3.14. The molecule has 2 aliphatic heterocycles. The first-order valence-electron chi connectivity index (χ1n) is 9.94. The molecule has 0 fully saturated rings. The van der Waals surface area contributed by atoms with Crippen molar-refractivity contribution in [1.82, 2.24) is 5.01 Å². The summed E-state index contributed by atoms with van der Waals surface area (Å²) < 4.78 is 16.8. The first-order chi connectivity index (χ1) is 15.1. The smallest absolute Gasteiger partial charge is 0.214 e. The predicted molar refractivity (Wildman–Crippen MR) is 115 cm³/mol. The standard InChI is InChI=1S/C24H22N2O5/c1-29-15-8-9-20(27)17(12-15)18-13-19-16-5-3-4-6-22(16)31-24(26(19)25-18)14-7-10-23(30-2)21(28)11-14/h3-12,19,24,27-28H,13H2,1-2H3/t19-,24+/m1/s1. The molecule has 7 nitrogen and oxygen atoms in total. The Morgan fingerprint density at radius 2 is 1.81 bits per heavy atom. The molecule has 0 radical (unpaired) electrons. The average Bonchev–Trinajstić information content (AvgIpc) is 3.24. The second-order valence-corrected chi connectivity index (χ2v) is 7.47. The monoisotopic (exact) mass is 418 g/mol. The summed E-state index contributed by atoms with van der Waals surface area (Å²) in [4.78, 5) is 0.